The summed E-state index contributed by atoms with van der Waals surface area (Å²) < 4.78 is 11.3. The van der Waals surface area contributed by atoms with Gasteiger partial charge in [0.05, 0.1) is 30.7 Å². The van der Waals surface area contributed by atoms with Crippen molar-refractivity contribution in [3.05, 3.63) is 18.2 Å². The van der Waals surface area contributed by atoms with E-state index in [0.717, 1.165) is 44.2 Å². The van der Waals surface area contributed by atoms with Gasteiger partial charge in [-0.25, -0.2) is 0 Å². The number of para-hydroxylation sites is 1. The van der Waals surface area contributed by atoms with Crippen molar-refractivity contribution >= 4 is 11.4 Å². The quantitative estimate of drug-likeness (QED) is 0.778. The summed E-state index contributed by atoms with van der Waals surface area (Å²) in [6.07, 6.45) is 0.207. The van der Waals surface area contributed by atoms with Crippen LogP contribution in [0.3, 0.4) is 0 Å². The van der Waals surface area contributed by atoms with Gasteiger partial charge in [0.2, 0.25) is 0 Å². The Morgan fingerprint density at radius 1 is 1.45 bits per heavy atom. The van der Waals surface area contributed by atoms with E-state index in [1.807, 2.05) is 25.1 Å². The first-order chi connectivity index (χ1) is 9.74. The summed E-state index contributed by atoms with van der Waals surface area (Å²) in [6, 6.07) is 5.81. The van der Waals surface area contributed by atoms with Crippen molar-refractivity contribution in [3.8, 4) is 5.75 Å². The zero-order valence-corrected chi connectivity index (χ0v) is 12.4. The SMILES string of the molecule is CCOc1cccc(NCC2CN(CC)CCO2)c1N. The number of benzene rings is 1. The summed E-state index contributed by atoms with van der Waals surface area (Å²) >= 11 is 0. The third kappa shape index (κ3) is 3.77. The molecule has 5 heteroatoms. The second kappa shape index (κ2) is 7.36. The summed E-state index contributed by atoms with van der Waals surface area (Å²) in [6.45, 7) is 9.37. The standard InChI is InChI=1S/C15H25N3O2/c1-3-18-8-9-20-12(11-18)10-17-13-6-5-7-14(15(13)16)19-4-2/h5-7,12,17H,3-4,8-11,16H2,1-2H3. The molecule has 0 saturated carbocycles. The molecular weight excluding hydrogens is 254 g/mol. The first-order valence-electron chi connectivity index (χ1n) is 7.33. The monoisotopic (exact) mass is 279 g/mol. The number of anilines is 2. The molecule has 1 aromatic rings. The number of rotatable bonds is 6. The van der Waals surface area contributed by atoms with Gasteiger partial charge in [-0.15, -0.1) is 0 Å². The highest BCUT2D eigenvalue weighted by Gasteiger charge is 2.19. The highest BCUT2D eigenvalue weighted by molar-refractivity contribution is 5.72. The predicted octanol–water partition coefficient (Wildman–Crippen LogP) is 1.80. The molecule has 0 bridgehead atoms. The van der Waals surface area contributed by atoms with Gasteiger partial charge in [0.1, 0.15) is 5.75 Å². The molecule has 1 unspecified atom stereocenters. The average molecular weight is 279 g/mol. The number of nitrogens with one attached hydrogen (secondary N) is 1. The molecule has 1 heterocycles. The van der Waals surface area contributed by atoms with Gasteiger partial charge >= 0.3 is 0 Å². The Balaban J connectivity index is 1.92. The number of hydrogen-bond acceptors (Lipinski definition) is 5. The lowest BCUT2D eigenvalue weighted by Crippen LogP contribution is -2.45. The van der Waals surface area contributed by atoms with Crippen LogP contribution in [0, 0.1) is 0 Å². The zero-order valence-electron chi connectivity index (χ0n) is 12.4. The lowest BCUT2D eigenvalue weighted by molar-refractivity contribution is -0.0191. The Morgan fingerprint density at radius 3 is 3.05 bits per heavy atom. The van der Waals surface area contributed by atoms with Crippen LogP contribution in [0.4, 0.5) is 11.4 Å². The van der Waals surface area contributed by atoms with Crippen molar-refractivity contribution in [1.82, 2.24) is 4.90 Å². The van der Waals surface area contributed by atoms with Crippen molar-refractivity contribution in [3.63, 3.8) is 0 Å². The number of ether oxygens (including phenoxy) is 2. The molecule has 1 aliphatic rings. The maximum absolute atomic E-state index is 6.10. The van der Waals surface area contributed by atoms with Crippen LogP contribution in [-0.4, -0.2) is 50.4 Å². The van der Waals surface area contributed by atoms with E-state index in [-0.39, 0.29) is 6.10 Å². The van der Waals surface area contributed by atoms with Crippen molar-refractivity contribution < 1.29 is 9.47 Å². The van der Waals surface area contributed by atoms with Crippen LogP contribution in [0.25, 0.3) is 0 Å². The normalized spacial score (nSPS) is 19.8. The van der Waals surface area contributed by atoms with E-state index in [0.29, 0.717) is 12.3 Å². The van der Waals surface area contributed by atoms with Crippen LogP contribution >= 0.6 is 0 Å². The summed E-state index contributed by atoms with van der Waals surface area (Å²) in [4.78, 5) is 2.40. The van der Waals surface area contributed by atoms with Crippen LogP contribution in [0.5, 0.6) is 5.75 Å². The second-order valence-corrected chi connectivity index (χ2v) is 4.92. The lowest BCUT2D eigenvalue weighted by atomic mass is 10.2. The number of morpholine rings is 1. The molecule has 0 radical (unpaired) electrons. The van der Waals surface area contributed by atoms with E-state index >= 15 is 0 Å². The Kier molecular flexibility index (Phi) is 5.49. The minimum absolute atomic E-state index is 0.207. The molecule has 2 rings (SSSR count). The number of nitrogen functional groups attached to an aromatic ring is 1. The molecule has 1 saturated heterocycles. The van der Waals surface area contributed by atoms with Gasteiger partial charge in [0.15, 0.2) is 0 Å². The minimum Gasteiger partial charge on any atom is -0.492 e. The van der Waals surface area contributed by atoms with Crippen LogP contribution in [0.1, 0.15) is 13.8 Å². The molecule has 0 aliphatic carbocycles. The van der Waals surface area contributed by atoms with Gasteiger partial charge in [0, 0.05) is 19.6 Å². The number of likely N-dealkylation sites (N-methyl/N-ethyl adjacent to an activating group) is 1. The molecule has 20 heavy (non-hydrogen) atoms. The van der Waals surface area contributed by atoms with E-state index < -0.39 is 0 Å². The molecule has 0 aromatic heterocycles. The van der Waals surface area contributed by atoms with Crippen molar-refractivity contribution in [2.75, 3.05) is 50.4 Å². The number of hydrogen-bond donors (Lipinski definition) is 2. The largest absolute Gasteiger partial charge is 0.492 e. The van der Waals surface area contributed by atoms with E-state index in [9.17, 15) is 0 Å². The maximum atomic E-state index is 6.10. The summed E-state index contributed by atoms with van der Waals surface area (Å²) in [5.74, 6) is 0.734. The molecule has 1 fully saturated rings. The first-order valence-corrected chi connectivity index (χ1v) is 7.33. The molecule has 3 N–H and O–H groups in total. The van der Waals surface area contributed by atoms with Gasteiger partial charge in [-0.3, -0.25) is 4.90 Å². The van der Waals surface area contributed by atoms with Gasteiger partial charge < -0.3 is 20.5 Å². The molecule has 1 aromatic carbocycles. The van der Waals surface area contributed by atoms with Crippen LogP contribution in [-0.2, 0) is 4.74 Å². The second-order valence-electron chi connectivity index (χ2n) is 4.92. The van der Waals surface area contributed by atoms with Crippen molar-refractivity contribution in [1.29, 1.82) is 0 Å². The minimum atomic E-state index is 0.207. The lowest BCUT2D eigenvalue weighted by Gasteiger charge is -2.32. The summed E-state index contributed by atoms with van der Waals surface area (Å²) in [5, 5.41) is 3.37. The van der Waals surface area contributed by atoms with Gasteiger partial charge in [-0.1, -0.05) is 13.0 Å². The van der Waals surface area contributed by atoms with Crippen LogP contribution in [0.15, 0.2) is 18.2 Å². The third-order valence-electron chi connectivity index (χ3n) is 3.56. The van der Waals surface area contributed by atoms with E-state index in [4.69, 9.17) is 15.2 Å². The Labute approximate surface area is 121 Å². The molecule has 0 spiro atoms. The fraction of sp³-hybridized carbons (Fsp3) is 0.600. The highest BCUT2D eigenvalue weighted by Crippen LogP contribution is 2.29. The molecule has 5 nitrogen and oxygen atoms in total. The zero-order chi connectivity index (χ0) is 14.4. The predicted molar refractivity (Wildman–Crippen MR) is 82.4 cm³/mol. The van der Waals surface area contributed by atoms with E-state index in [1.54, 1.807) is 0 Å². The molecule has 1 atom stereocenters. The smallest absolute Gasteiger partial charge is 0.144 e. The summed E-state index contributed by atoms with van der Waals surface area (Å²) in [5.41, 5.74) is 7.67. The first kappa shape index (κ1) is 14.9. The number of nitrogens with zero attached hydrogens (tertiary/aromatic N) is 1. The fourth-order valence-corrected chi connectivity index (χ4v) is 2.39. The van der Waals surface area contributed by atoms with Crippen molar-refractivity contribution in [2.24, 2.45) is 0 Å². The molecular formula is C15H25N3O2. The maximum Gasteiger partial charge on any atom is 0.144 e. The Morgan fingerprint density at radius 2 is 2.30 bits per heavy atom. The van der Waals surface area contributed by atoms with Gasteiger partial charge in [-0.2, -0.15) is 0 Å². The van der Waals surface area contributed by atoms with Gasteiger partial charge in [-0.05, 0) is 25.6 Å². The van der Waals surface area contributed by atoms with E-state index in [1.165, 1.54) is 0 Å². The van der Waals surface area contributed by atoms with E-state index in [2.05, 4.69) is 17.1 Å². The molecule has 0 amide bonds. The topological polar surface area (TPSA) is 59.8 Å². The highest BCUT2D eigenvalue weighted by atomic mass is 16.5. The van der Waals surface area contributed by atoms with Crippen LogP contribution in [0.2, 0.25) is 0 Å². The fourth-order valence-electron chi connectivity index (χ4n) is 2.39. The van der Waals surface area contributed by atoms with Crippen LogP contribution < -0.4 is 15.8 Å². The molecule has 1 aliphatic heterocycles. The summed E-state index contributed by atoms with van der Waals surface area (Å²) in [7, 11) is 0. The number of nitrogens with two attached hydrogens (primary N) is 1. The Hall–Kier alpha value is -1.46. The van der Waals surface area contributed by atoms with Gasteiger partial charge in [0.25, 0.3) is 0 Å². The van der Waals surface area contributed by atoms with Crippen molar-refractivity contribution in [2.45, 2.75) is 20.0 Å². The Bertz CT molecular complexity index is 426. The third-order valence-corrected chi connectivity index (χ3v) is 3.56. The molecule has 112 valence electrons. The average Bonchev–Trinajstić information content (AvgIpc) is 2.48.